The average molecular weight is 352 g/mol. The number of nitrogens with one attached hydrogen (secondary N) is 2. The lowest BCUT2D eigenvalue weighted by atomic mass is 10.3. The lowest BCUT2D eigenvalue weighted by Gasteiger charge is -2.12. The minimum absolute atomic E-state index is 0.115. The van der Waals surface area contributed by atoms with Crippen LogP contribution in [0.3, 0.4) is 0 Å². The van der Waals surface area contributed by atoms with Crippen LogP contribution < -0.4 is 15.2 Å². The van der Waals surface area contributed by atoms with Crippen LogP contribution in [0.4, 0.5) is 5.69 Å². The molecule has 0 aliphatic heterocycles. The molecule has 0 unspecified atom stereocenters. The lowest BCUT2D eigenvalue weighted by Crippen LogP contribution is -2.16. The second-order valence-corrected chi connectivity index (χ2v) is 8.30. The molecule has 4 N–H and O–H groups in total. The minimum Gasteiger partial charge on any atom is -0.368 e. The Labute approximate surface area is 128 Å². The van der Waals surface area contributed by atoms with Crippen LogP contribution in [0.1, 0.15) is 0 Å². The SMILES string of the molecule is CN=C(NC)Sc1cc(S(N)(=O)=O)ccc1NS(C)(=O)=O. The molecule has 0 aliphatic carbocycles. The first kappa shape index (κ1) is 17.8. The highest BCUT2D eigenvalue weighted by molar-refractivity contribution is 8.14. The number of anilines is 1. The number of hydrogen-bond donors (Lipinski definition) is 3. The van der Waals surface area contributed by atoms with Crippen LogP contribution in [0.5, 0.6) is 0 Å². The maximum absolute atomic E-state index is 11.4. The van der Waals surface area contributed by atoms with E-state index >= 15 is 0 Å². The fourth-order valence-electron chi connectivity index (χ4n) is 1.36. The Kier molecular flexibility index (Phi) is 5.61. The van der Waals surface area contributed by atoms with Gasteiger partial charge in [0.05, 0.1) is 16.8 Å². The molecular weight excluding hydrogens is 336 g/mol. The van der Waals surface area contributed by atoms with Gasteiger partial charge in [-0.25, -0.2) is 22.0 Å². The Hall–Kier alpha value is -1.30. The third kappa shape index (κ3) is 5.53. The molecule has 1 rings (SSSR count). The highest BCUT2D eigenvalue weighted by atomic mass is 32.2. The molecule has 11 heteroatoms. The average Bonchev–Trinajstić information content (AvgIpc) is 2.34. The molecule has 1 aromatic carbocycles. The van der Waals surface area contributed by atoms with Crippen molar-refractivity contribution in [3.8, 4) is 0 Å². The van der Waals surface area contributed by atoms with Gasteiger partial charge in [-0.15, -0.1) is 0 Å². The van der Waals surface area contributed by atoms with E-state index in [9.17, 15) is 16.8 Å². The van der Waals surface area contributed by atoms with Crippen molar-refractivity contribution in [3.05, 3.63) is 18.2 Å². The van der Waals surface area contributed by atoms with Gasteiger partial charge in [0.2, 0.25) is 20.0 Å². The number of primary sulfonamides is 1. The zero-order valence-corrected chi connectivity index (χ0v) is 14.1. The van der Waals surface area contributed by atoms with E-state index in [1.807, 2.05) is 0 Å². The molecule has 0 aliphatic rings. The van der Waals surface area contributed by atoms with Crippen LogP contribution in [0.15, 0.2) is 33.0 Å². The molecule has 21 heavy (non-hydrogen) atoms. The van der Waals surface area contributed by atoms with Gasteiger partial charge >= 0.3 is 0 Å². The maximum Gasteiger partial charge on any atom is 0.238 e. The first-order valence-corrected chi connectivity index (χ1v) is 9.79. The topological polar surface area (TPSA) is 131 Å². The normalized spacial score (nSPS) is 13.0. The van der Waals surface area contributed by atoms with Crippen molar-refractivity contribution in [3.63, 3.8) is 0 Å². The number of benzene rings is 1. The van der Waals surface area contributed by atoms with Crippen molar-refractivity contribution in [2.75, 3.05) is 25.1 Å². The number of aliphatic imine (C=N–C) groups is 1. The zero-order valence-electron chi connectivity index (χ0n) is 11.6. The summed E-state index contributed by atoms with van der Waals surface area (Å²) in [5.74, 6) is 0. The van der Waals surface area contributed by atoms with E-state index < -0.39 is 20.0 Å². The summed E-state index contributed by atoms with van der Waals surface area (Å²) < 4.78 is 47.8. The van der Waals surface area contributed by atoms with Gasteiger partial charge in [-0.2, -0.15) is 0 Å². The van der Waals surface area contributed by atoms with Gasteiger partial charge in [-0.3, -0.25) is 9.71 Å². The minimum atomic E-state index is -3.89. The molecule has 0 radical (unpaired) electrons. The third-order valence-electron chi connectivity index (χ3n) is 2.20. The molecule has 0 amide bonds. The van der Waals surface area contributed by atoms with Gasteiger partial charge in [0, 0.05) is 19.0 Å². The van der Waals surface area contributed by atoms with Crippen molar-refractivity contribution in [1.82, 2.24) is 5.32 Å². The highest BCUT2D eigenvalue weighted by Crippen LogP contribution is 2.30. The van der Waals surface area contributed by atoms with E-state index in [1.54, 1.807) is 14.1 Å². The molecule has 0 heterocycles. The first-order valence-electron chi connectivity index (χ1n) is 5.54. The monoisotopic (exact) mass is 352 g/mol. The molecule has 0 bridgehead atoms. The molecule has 0 saturated carbocycles. The number of nitrogens with two attached hydrogens (primary N) is 1. The van der Waals surface area contributed by atoms with E-state index in [4.69, 9.17) is 5.14 Å². The van der Waals surface area contributed by atoms with Crippen LogP contribution in [-0.2, 0) is 20.0 Å². The second kappa shape index (κ2) is 6.64. The Morgan fingerprint density at radius 3 is 2.33 bits per heavy atom. The summed E-state index contributed by atoms with van der Waals surface area (Å²) in [4.78, 5) is 4.19. The molecule has 0 fully saturated rings. The van der Waals surface area contributed by atoms with Gasteiger partial charge in [0.1, 0.15) is 0 Å². The van der Waals surface area contributed by atoms with Gasteiger partial charge in [-0.1, -0.05) is 11.8 Å². The Bertz CT molecular complexity index is 757. The summed E-state index contributed by atoms with van der Waals surface area (Å²) in [7, 11) is -4.20. The fourth-order valence-corrected chi connectivity index (χ4v) is 3.43. The summed E-state index contributed by atoms with van der Waals surface area (Å²) >= 11 is 1.08. The standard InChI is InChI=1S/C10H16N4O4S3/c1-12-10(13-2)19-9-6-7(21(11,17)18)4-5-8(9)14-20(3,15)16/h4-6,14H,1-3H3,(H,12,13)(H2,11,17,18). The predicted molar refractivity (Wildman–Crippen MR) is 84.6 cm³/mol. The number of hydrogen-bond acceptors (Lipinski definition) is 6. The van der Waals surface area contributed by atoms with Gasteiger partial charge < -0.3 is 5.32 Å². The van der Waals surface area contributed by atoms with Crippen molar-refractivity contribution in [2.45, 2.75) is 9.79 Å². The molecule has 0 spiro atoms. The molecule has 0 saturated heterocycles. The highest BCUT2D eigenvalue weighted by Gasteiger charge is 2.15. The summed E-state index contributed by atoms with van der Waals surface area (Å²) in [6.07, 6.45) is 1.00. The predicted octanol–water partition coefficient (Wildman–Crippen LogP) is 0.00280. The van der Waals surface area contributed by atoms with Crippen molar-refractivity contribution in [1.29, 1.82) is 0 Å². The fraction of sp³-hybridized carbons (Fsp3) is 0.300. The summed E-state index contributed by atoms with van der Waals surface area (Å²) in [6, 6.07) is 3.86. The second-order valence-electron chi connectivity index (χ2n) is 3.96. The third-order valence-corrected chi connectivity index (χ3v) is 4.84. The molecule has 0 atom stereocenters. The van der Waals surface area contributed by atoms with Gasteiger partial charge in [0.15, 0.2) is 5.17 Å². The lowest BCUT2D eigenvalue weighted by molar-refractivity contribution is 0.597. The molecular formula is C10H16N4O4S3. The van der Waals surface area contributed by atoms with Crippen LogP contribution >= 0.6 is 11.8 Å². The molecule has 118 valence electrons. The van der Waals surface area contributed by atoms with Crippen molar-refractivity contribution < 1.29 is 16.8 Å². The maximum atomic E-state index is 11.4. The van der Waals surface area contributed by atoms with Crippen LogP contribution in [0.2, 0.25) is 0 Å². The molecule has 1 aromatic rings. The Balaban J connectivity index is 3.38. The van der Waals surface area contributed by atoms with Crippen LogP contribution in [0, 0.1) is 0 Å². The number of amidine groups is 1. The van der Waals surface area contributed by atoms with E-state index in [0.29, 0.717) is 10.1 Å². The zero-order chi connectivity index (χ0) is 16.3. The largest absolute Gasteiger partial charge is 0.368 e. The molecule has 8 nitrogen and oxygen atoms in total. The summed E-state index contributed by atoms with van der Waals surface area (Å²) in [6.45, 7) is 0. The first-order chi connectivity index (χ1) is 9.56. The van der Waals surface area contributed by atoms with E-state index in [-0.39, 0.29) is 10.6 Å². The van der Waals surface area contributed by atoms with E-state index in [1.165, 1.54) is 18.2 Å². The number of thioether (sulfide) groups is 1. The number of rotatable bonds is 4. The van der Waals surface area contributed by atoms with Gasteiger partial charge in [0.25, 0.3) is 0 Å². The van der Waals surface area contributed by atoms with E-state index in [0.717, 1.165) is 18.0 Å². The molecule has 0 aromatic heterocycles. The summed E-state index contributed by atoms with van der Waals surface area (Å²) in [5, 5.41) is 8.37. The Morgan fingerprint density at radius 2 is 1.90 bits per heavy atom. The number of sulfonamides is 2. The quantitative estimate of drug-likeness (QED) is 0.397. The number of nitrogens with zero attached hydrogens (tertiary/aromatic N) is 1. The smallest absolute Gasteiger partial charge is 0.238 e. The van der Waals surface area contributed by atoms with Crippen LogP contribution in [0.25, 0.3) is 0 Å². The summed E-state index contributed by atoms with van der Waals surface area (Å²) in [5.41, 5.74) is 0.242. The van der Waals surface area contributed by atoms with Crippen molar-refractivity contribution >= 4 is 42.7 Å². The van der Waals surface area contributed by atoms with Crippen LogP contribution in [-0.4, -0.2) is 42.4 Å². The van der Waals surface area contributed by atoms with Crippen molar-refractivity contribution in [2.24, 2.45) is 10.1 Å². The van der Waals surface area contributed by atoms with Gasteiger partial charge in [-0.05, 0) is 18.2 Å². The Morgan fingerprint density at radius 1 is 1.29 bits per heavy atom. The van der Waals surface area contributed by atoms with E-state index in [2.05, 4.69) is 15.0 Å².